The number of nitrogens with one attached hydrogen (secondary N) is 1. The molecule has 1 heterocycles. The molecule has 2 amide bonds. The van der Waals surface area contributed by atoms with E-state index in [1.54, 1.807) is 0 Å². The highest BCUT2D eigenvalue weighted by molar-refractivity contribution is 5.89. The molecule has 1 aliphatic heterocycles. The lowest BCUT2D eigenvalue weighted by atomic mass is 10.0. The molecule has 1 unspecified atom stereocenters. The molecule has 0 aliphatic carbocycles. The lowest BCUT2D eigenvalue weighted by Crippen LogP contribution is -2.41. The molecule has 112 valence electrons. The number of benzene rings is 1. The topological polar surface area (TPSA) is 52.6 Å². The van der Waals surface area contributed by atoms with Crippen molar-refractivity contribution in [2.24, 2.45) is 5.92 Å². The Labute approximate surface area is 126 Å². The third kappa shape index (κ3) is 4.24. The Morgan fingerprint density at radius 2 is 2.33 bits per heavy atom. The molecule has 0 radical (unpaired) electrons. The molecule has 21 heavy (non-hydrogen) atoms. The summed E-state index contributed by atoms with van der Waals surface area (Å²) in [6.07, 6.45) is 2.27. The van der Waals surface area contributed by atoms with Gasteiger partial charge in [-0.3, -0.25) is 0 Å². The van der Waals surface area contributed by atoms with Crippen LogP contribution in [-0.4, -0.2) is 35.7 Å². The maximum atomic E-state index is 12.2. The van der Waals surface area contributed by atoms with Crippen molar-refractivity contribution in [3.63, 3.8) is 0 Å². The normalized spacial score (nSPS) is 17.9. The van der Waals surface area contributed by atoms with Crippen LogP contribution in [0.1, 0.15) is 30.9 Å². The number of carbonyl (C=O) groups is 1. The van der Waals surface area contributed by atoms with Crippen LogP contribution in [0, 0.1) is 24.7 Å². The molecule has 0 spiro atoms. The number of nitrogens with zero attached hydrogens (tertiary/aromatic N) is 1. The van der Waals surface area contributed by atoms with Gasteiger partial charge in [0.1, 0.15) is 6.61 Å². The summed E-state index contributed by atoms with van der Waals surface area (Å²) in [5.41, 5.74) is 2.64. The van der Waals surface area contributed by atoms with Gasteiger partial charge in [-0.2, -0.15) is 0 Å². The zero-order valence-electron chi connectivity index (χ0n) is 12.6. The monoisotopic (exact) mass is 286 g/mol. The first-order valence-corrected chi connectivity index (χ1v) is 7.36. The Morgan fingerprint density at radius 3 is 3.00 bits per heavy atom. The highest BCUT2D eigenvalue weighted by Gasteiger charge is 2.20. The zero-order chi connectivity index (χ0) is 15.2. The summed E-state index contributed by atoms with van der Waals surface area (Å²) < 4.78 is 0. The Bertz CT molecular complexity index is 572. The molecule has 2 rings (SSSR count). The van der Waals surface area contributed by atoms with E-state index in [2.05, 4.69) is 24.1 Å². The molecule has 1 atom stereocenters. The Balaban J connectivity index is 2.02. The van der Waals surface area contributed by atoms with Crippen molar-refractivity contribution in [3.05, 3.63) is 29.3 Å². The van der Waals surface area contributed by atoms with Crippen molar-refractivity contribution in [2.45, 2.75) is 26.7 Å². The zero-order valence-corrected chi connectivity index (χ0v) is 12.6. The summed E-state index contributed by atoms with van der Waals surface area (Å²) in [7, 11) is 0. The number of urea groups is 1. The molecule has 1 aliphatic rings. The van der Waals surface area contributed by atoms with Gasteiger partial charge in [-0.05, 0) is 49.4 Å². The molecule has 0 saturated carbocycles. The van der Waals surface area contributed by atoms with E-state index in [0.717, 1.165) is 36.3 Å². The highest BCUT2D eigenvalue weighted by atomic mass is 16.2. The number of carbonyl (C=O) groups excluding carboxylic acids is 1. The Morgan fingerprint density at radius 1 is 1.52 bits per heavy atom. The summed E-state index contributed by atoms with van der Waals surface area (Å²) in [5.74, 6) is 6.09. The molecule has 0 aromatic heterocycles. The van der Waals surface area contributed by atoms with Crippen LogP contribution < -0.4 is 5.32 Å². The predicted molar refractivity (Wildman–Crippen MR) is 84.1 cm³/mol. The van der Waals surface area contributed by atoms with Crippen LogP contribution in [0.2, 0.25) is 0 Å². The number of piperidine rings is 1. The first-order chi connectivity index (χ1) is 10.1. The van der Waals surface area contributed by atoms with Crippen LogP contribution in [0.4, 0.5) is 10.5 Å². The standard InChI is InChI=1S/C17H22N2O2/c1-13-5-3-9-19(12-13)17(21)18-16-8-7-15(6-4-10-20)14(2)11-16/h7-8,11,13,20H,3,5,9-10,12H2,1-2H3,(H,18,21). The second kappa shape index (κ2) is 7.14. The van der Waals surface area contributed by atoms with E-state index in [4.69, 9.17) is 5.11 Å². The average molecular weight is 286 g/mol. The lowest BCUT2D eigenvalue weighted by Gasteiger charge is -2.31. The molecule has 1 saturated heterocycles. The number of hydrogen-bond acceptors (Lipinski definition) is 2. The fourth-order valence-electron chi connectivity index (χ4n) is 2.59. The fraction of sp³-hybridized carbons (Fsp3) is 0.471. The minimum atomic E-state index is -0.148. The smallest absolute Gasteiger partial charge is 0.321 e. The van der Waals surface area contributed by atoms with Crippen molar-refractivity contribution in [1.29, 1.82) is 0 Å². The van der Waals surface area contributed by atoms with E-state index < -0.39 is 0 Å². The molecule has 1 fully saturated rings. The van der Waals surface area contributed by atoms with Gasteiger partial charge in [0, 0.05) is 24.3 Å². The van der Waals surface area contributed by atoms with Gasteiger partial charge in [-0.1, -0.05) is 18.8 Å². The second-order valence-corrected chi connectivity index (χ2v) is 5.61. The molecule has 0 bridgehead atoms. The number of amides is 2. The van der Waals surface area contributed by atoms with Crippen LogP contribution in [0.5, 0.6) is 0 Å². The van der Waals surface area contributed by atoms with E-state index in [-0.39, 0.29) is 12.6 Å². The molecular weight excluding hydrogens is 264 g/mol. The first kappa shape index (κ1) is 15.4. The minimum Gasteiger partial charge on any atom is -0.384 e. The van der Waals surface area contributed by atoms with Gasteiger partial charge < -0.3 is 15.3 Å². The third-order valence-corrected chi connectivity index (χ3v) is 3.72. The number of likely N-dealkylation sites (tertiary alicyclic amines) is 1. The number of aliphatic hydroxyl groups is 1. The van der Waals surface area contributed by atoms with Crippen LogP contribution in [0.25, 0.3) is 0 Å². The summed E-state index contributed by atoms with van der Waals surface area (Å²) >= 11 is 0. The first-order valence-electron chi connectivity index (χ1n) is 7.36. The number of rotatable bonds is 1. The number of anilines is 1. The molecule has 4 nitrogen and oxygen atoms in total. The summed E-state index contributed by atoms with van der Waals surface area (Å²) in [4.78, 5) is 14.1. The van der Waals surface area contributed by atoms with Gasteiger partial charge in [0.15, 0.2) is 0 Å². The quantitative estimate of drug-likeness (QED) is 0.780. The van der Waals surface area contributed by atoms with Crippen LogP contribution in [0.15, 0.2) is 18.2 Å². The van der Waals surface area contributed by atoms with Crippen LogP contribution >= 0.6 is 0 Å². The molecule has 4 heteroatoms. The van der Waals surface area contributed by atoms with Crippen molar-refractivity contribution < 1.29 is 9.90 Å². The average Bonchev–Trinajstić information content (AvgIpc) is 2.46. The van der Waals surface area contributed by atoms with E-state index in [1.807, 2.05) is 30.0 Å². The molecule has 1 aromatic carbocycles. The van der Waals surface area contributed by atoms with Gasteiger partial charge in [-0.15, -0.1) is 0 Å². The van der Waals surface area contributed by atoms with Gasteiger partial charge >= 0.3 is 6.03 Å². The van der Waals surface area contributed by atoms with E-state index in [1.165, 1.54) is 6.42 Å². The van der Waals surface area contributed by atoms with Crippen molar-refractivity contribution in [1.82, 2.24) is 4.90 Å². The number of aryl methyl sites for hydroxylation is 1. The molecule has 1 aromatic rings. The van der Waals surface area contributed by atoms with E-state index >= 15 is 0 Å². The number of aliphatic hydroxyl groups excluding tert-OH is 1. The summed E-state index contributed by atoms with van der Waals surface area (Å²) in [5, 5.41) is 11.7. The minimum absolute atomic E-state index is 0.0323. The summed E-state index contributed by atoms with van der Waals surface area (Å²) in [6.45, 7) is 5.63. The van der Waals surface area contributed by atoms with Crippen molar-refractivity contribution in [2.75, 3.05) is 25.0 Å². The molecular formula is C17H22N2O2. The van der Waals surface area contributed by atoms with E-state index in [9.17, 15) is 4.79 Å². The van der Waals surface area contributed by atoms with Crippen LogP contribution in [-0.2, 0) is 0 Å². The fourth-order valence-corrected chi connectivity index (χ4v) is 2.59. The number of hydrogen-bond donors (Lipinski definition) is 2. The van der Waals surface area contributed by atoms with Gasteiger partial charge in [0.25, 0.3) is 0 Å². The highest BCUT2D eigenvalue weighted by Crippen LogP contribution is 2.18. The summed E-state index contributed by atoms with van der Waals surface area (Å²) in [6, 6.07) is 5.59. The van der Waals surface area contributed by atoms with Crippen LogP contribution in [0.3, 0.4) is 0 Å². The second-order valence-electron chi connectivity index (χ2n) is 5.61. The van der Waals surface area contributed by atoms with Crippen molar-refractivity contribution in [3.8, 4) is 11.8 Å². The predicted octanol–water partition coefficient (Wildman–Crippen LogP) is 2.60. The SMILES string of the molecule is Cc1cc(NC(=O)N2CCCC(C)C2)ccc1C#CCO. The Hall–Kier alpha value is -1.99. The Kier molecular flexibility index (Phi) is 5.24. The van der Waals surface area contributed by atoms with E-state index in [0.29, 0.717) is 5.92 Å². The third-order valence-electron chi connectivity index (χ3n) is 3.72. The largest absolute Gasteiger partial charge is 0.384 e. The maximum Gasteiger partial charge on any atom is 0.321 e. The van der Waals surface area contributed by atoms with Gasteiger partial charge in [0.2, 0.25) is 0 Å². The maximum absolute atomic E-state index is 12.2. The van der Waals surface area contributed by atoms with Crippen molar-refractivity contribution >= 4 is 11.7 Å². The molecule has 2 N–H and O–H groups in total. The van der Waals surface area contributed by atoms with Gasteiger partial charge in [0.05, 0.1) is 0 Å². The van der Waals surface area contributed by atoms with Gasteiger partial charge in [-0.25, -0.2) is 4.79 Å². The lowest BCUT2D eigenvalue weighted by molar-refractivity contribution is 0.182.